The molecule has 1 atom stereocenters. The van der Waals surface area contributed by atoms with Crippen molar-refractivity contribution in [1.82, 2.24) is 14.8 Å². The molecule has 9 heteroatoms. The molecule has 8 nitrogen and oxygen atoms in total. The van der Waals surface area contributed by atoms with E-state index in [0.717, 1.165) is 23.5 Å². The van der Waals surface area contributed by atoms with Gasteiger partial charge in [0.2, 0.25) is 5.91 Å². The SMILES string of the molecule is CCOc1cc2c(cc1CSc1nnc(-c3ccco3)n1CCC(N)=O)O[C@@H](C)C2. The van der Waals surface area contributed by atoms with E-state index in [1.165, 1.54) is 17.3 Å². The van der Waals surface area contributed by atoms with Crippen LogP contribution in [0.3, 0.4) is 0 Å². The Kier molecular flexibility index (Phi) is 5.98. The summed E-state index contributed by atoms with van der Waals surface area (Å²) in [5, 5.41) is 9.26. The molecule has 4 rings (SSSR count). The lowest BCUT2D eigenvalue weighted by Gasteiger charge is -2.13. The Morgan fingerprint density at radius 1 is 1.40 bits per heavy atom. The van der Waals surface area contributed by atoms with Gasteiger partial charge in [-0.15, -0.1) is 10.2 Å². The van der Waals surface area contributed by atoms with Gasteiger partial charge in [-0.2, -0.15) is 0 Å². The van der Waals surface area contributed by atoms with Gasteiger partial charge in [0.25, 0.3) is 0 Å². The molecule has 0 saturated heterocycles. The molecule has 2 N–H and O–H groups in total. The second-order valence-corrected chi connectivity index (χ2v) is 8.02. The molecule has 1 amide bonds. The Morgan fingerprint density at radius 3 is 3.00 bits per heavy atom. The lowest BCUT2D eigenvalue weighted by Crippen LogP contribution is -2.15. The number of rotatable bonds is 9. The van der Waals surface area contributed by atoms with Gasteiger partial charge in [0, 0.05) is 36.3 Å². The molecular weight excluding hydrogens is 404 g/mol. The fraction of sp³-hybridized carbons (Fsp3) is 0.381. The first-order valence-corrected chi connectivity index (χ1v) is 10.9. The van der Waals surface area contributed by atoms with Crippen molar-refractivity contribution >= 4 is 17.7 Å². The zero-order valence-corrected chi connectivity index (χ0v) is 17.8. The number of carbonyl (C=O) groups is 1. The number of hydrogen-bond donors (Lipinski definition) is 1. The van der Waals surface area contributed by atoms with Crippen LogP contribution < -0.4 is 15.2 Å². The van der Waals surface area contributed by atoms with Crippen molar-refractivity contribution in [2.45, 2.75) is 50.2 Å². The molecule has 0 radical (unpaired) electrons. The third-order valence-electron chi connectivity index (χ3n) is 4.78. The lowest BCUT2D eigenvalue weighted by atomic mass is 10.1. The first kappa shape index (κ1) is 20.3. The quantitative estimate of drug-likeness (QED) is 0.521. The van der Waals surface area contributed by atoms with Crippen molar-refractivity contribution in [2.75, 3.05) is 6.61 Å². The Hall–Kier alpha value is -2.94. The maximum atomic E-state index is 11.3. The molecule has 1 aromatic carbocycles. The number of carbonyl (C=O) groups excluding carboxylic acids is 1. The third kappa shape index (κ3) is 4.30. The van der Waals surface area contributed by atoms with Gasteiger partial charge in [-0.3, -0.25) is 9.36 Å². The lowest BCUT2D eigenvalue weighted by molar-refractivity contribution is -0.118. The van der Waals surface area contributed by atoms with Crippen LogP contribution in [0.1, 0.15) is 31.4 Å². The fourth-order valence-electron chi connectivity index (χ4n) is 3.43. The number of nitrogens with two attached hydrogens (primary N) is 1. The number of nitrogens with zero attached hydrogens (tertiary/aromatic N) is 3. The largest absolute Gasteiger partial charge is 0.494 e. The van der Waals surface area contributed by atoms with Crippen LogP contribution in [-0.4, -0.2) is 33.4 Å². The highest BCUT2D eigenvalue weighted by atomic mass is 32.2. The molecule has 0 bridgehead atoms. The summed E-state index contributed by atoms with van der Waals surface area (Å²) in [6.07, 6.45) is 2.82. The number of ether oxygens (including phenoxy) is 2. The molecule has 2 aromatic heterocycles. The van der Waals surface area contributed by atoms with Gasteiger partial charge in [-0.1, -0.05) is 11.8 Å². The van der Waals surface area contributed by atoms with Crippen LogP contribution in [0, 0.1) is 0 Å². The minimum atomic E-state index is -0.381. The standard InChI is InChI=1S/C21H24N4O4S/c1-3-27-17-10-14-9-13(2)29-18(14)11-15(17)12-30-21-24-23-20(16-5-4-8-28-16)25(21)7-6-19(22)26/h4-5,8,10-11,13H,3,6-7,9,12H2,1-2H3,(H2,22,26)/t13-/m0/s1. The van der Waals surface area contributed by atoms with Crippen LogP contribution in [0.15, 0.2) is 40.1 Å². The second-order valence-electron chi connectivity index (χ2n) is 7.07. The number of furan rings is 1. The van der Waals surface area contributed by atoms with Gasteiger partial charge in [-0.25, -0.2) is 0 Å². The minimum Gasteiger partial charge on any atom is -0.494 e. The summed E-state index contributed by atoms with van der Waals surface area (Å²) in [5.74, 6) is 3.17. The number of primary amides is 1. The van der Waals surface area contributed by atoms with E-state index in [9.17, 15) is 4.79 Å². The number of hydrogen-bond acceptors (Lipinski definition) is 7. The van der Waals surface area contributed by atoms with E-state index in [-0.39, 0.29) is 18.4 Å². The van der Waals surface area contributed by atoms with Crippen molar-refractivity contribution in [3.63, 3.8) is 0 Å². The summed E-state index contributed by atoms with van der Waals surface area (Å²) in [5.41, 5.74) is 7.55. The molecule has 3 heterocycles. The highest BCUT2D eigenvalue weighted by Gasteiger charge is 2.23. The van der Waals surface area contributed by atoms with Crippen molar-refractivity contribution in [1.29, 1.82) is 0 Å². The van der Waals surface area contributed by atoms with Crippen LogP contribution in [0.25, 0.3) is 11.6 Å². The number of aromatic nitrogens is 3. The smallest absolute Gasteiger partial charge is 0.219 e. The van der Waals surface area contributed by atoms with E-state index in [2.05, 4.69) is 23.2 Å². The third-order valence-corrected chi connectivity index (χ3v) is 5.79. The zero-order valence-electron chi connectivity index (χ0n) is 17.0. The normalized spacial score (nSPS) is 15.1. The molecular formula is C21H24N4O4S. The fourth-order valence-corrected chi connectivity index (χ4v) is 4.38. The summed E-state index contributed by atoms with van der Waals surface area (Å²) in [4.78, 5) is 11.3. The molecule has 0 spiro atoms. The molecule has 0 fully saturated rings. The van der Waals surface area contributed by atoms with Gasteiger partial charge < -0.3 is 19.6 Å². The van der Waals surface area contributed by atoms with Crippen LogP contribution in [0.4, 0.5) is 0 Å². The Balaban J connectivity index is 1.59. The van der Waals surface area contributed by atoms with Crippen molar-refractivity contribution in [2.24, 2.45) is 5.73 Å². The van der Waals surface area contributed by atoms with Gasteiger partial charge in [0.15, 0.2) is 16.7 Å². The van der Waals surface area contributed by atoms with Crippen LogP contribution in [0.2, 0.25) is 0 Å². The van der Waals surface area contributed by atoms with Gasteiger partial charge in [0.05, 0.1) is 12.9 Å². The molecule has 0 unspecified atom stereocenters. The van der Waals surface area contributed by atoms with Gasteiger partial charge in [0.1, 0.15) is 17.6 Å². The summed E-state index contributed by atoms with van der Waals surface area (Å²) in [7, 11) is 0. The van der Waals surface area contributed by atoms with Crippen molar-refractivity contribution < 1.29 is 18.7 Å². The molecule has 3 aromatic rings. The summed E-state index contributed by atoms with van der Waals surface area (Å²) in [6, 6.07) is 7.72. The Labute approximate surface area is 178 Å². The van der Waals surface area contributed by atoms with Crippen LogP contribution >= 0.6 is 11.8 Å². The van der Waals surface area contributed by atoms with E-state index in [1.807, 2.05) is 23.6 Å². The predicted molar refractivity (Wildman–Crippen MR) is 113 cm³/mol. The van der Waals surface area contributed by atoms with Crippen LogP contribution in [-0.2, 0) is 23.5 Å². The van der Waals surface area contributed by atoms with Gasteiger partial charge >= 0.3 is 0 Å². The summed E-state index contributed by atoms with van der Waals surface area (Å²) >= 11 is 1.52. The second kappa shape index (κ2) is 8.83. The average molecular weight is 429 g/mol. The number of benzene rings is 1. The van der Waals surface area contributed by atoms with Crippen molar-refractivity contribution in [3.8, 4) is 23.1 Å². The minimum absolute atomic E-state index is 0.171. The first-order valence-electron chi connectivity index (χ1n) is 9.88. The molecule has 30 heavy (non-hydrogen) atoms. The number of thioether (sulfide) groups is 1. The van der Waals surface area contributed by atoms with E-state index in [0.29, 0.717) is 35.6 Å². The van der Waals surface area contributed by atoms with E-state index in [4.69, 9.17) is 19.6 Å². The Bertz CT molecular complexity index is 1030. The highest BCUT2D eigenvalue weighted by Crippen LogP contribution is 2.38. The maximum Gasteiger partial charge on any atom is 0.219 e. The number of amides is 1. The molecule has 1 aliphatic rings. The maximum absolute atomic E-state index is 11.3. The molecule has 158 valence electrons. The average Bonchev–Trinajstić information content (AvgIpc) is 3.43. The molecule has 1 aliphatic heterocycles. The topological polar surface area (TPSA) is 105 Å². The first-order chi connectivity index (χ1) is 14.5. The molecule has 0 saturated carbocycles. The summed E-state index contributed by atoms with van der Waals surface area (Å²) < 4.78 is 19.1. The summed E-state index contributed by atoms with van der Waals surface area (Å²) in [6.45, 7) is 5.00. The van der Waals surface area contributed by atoms with Gasteiger partial charge in [-0.05, 0) is 38.1 Å². The van der Waals surface area contributed by atoms with E-state index in [1.54, 1.807) is 12.3 Å². The zero-order chi connectivity index (χ0) is 21.1. The van der Waals surface area contributed by atoms with Crippen LogP contribution in [0.5, 0.6) is 11.5 Å². The molecule has 0 aliphatic carbocycles. The highest BCUT2D eigenvalue weighted by molar-refractivity contribution is 7.98. The monoisotopic (exact) mass is 428 g/mol. The number of fused-ring (bicyclic) bond motifs is 1. The van der Waals surface area contributed by atoms with E-state index < -0.39 is 0 Å². The Morgan fingerprint density at radius 2 is 2.27 bits per heavy atom. The predicted octanol–water partition coefficient (Wildman–Crippen LogP) is 3.43. The van der Waals surface area contributed by atoms with E-state index >= 15 is 0 Å². The van der Waals surface area contributed by atoms with Crippen molar-refractivity contribution in [3.05, 3.63) is 41.7 Å².